The van der Waals surface area contributed by atoms with Gasteiger partial charge in [-0.15, -0.1) is 11.3 Å². The largest absolute Gasteiger partial charge is 0.466 e. The van der Waals surface area contributed by atoms with Crippen LogP contribution in [0.4, 0.5) is 18.0 Å². The number of amidine groups is 1. The number of methoxy groups -OCH3 is 1. The highest BCUT2D eigenvalue weighted by atomic mass is 32.1. The molecule has 3 heterocycles. The summed E-state index contributed by atoms with van der Waals surface area (Å²) in [5.41, 5.74) is -1.48. The van der Waals surface area contributed by atoms with E-state index in [1.54, 1.807) is 26.2 Å². The number of benzene rings is 1. The minimum Gasteiger partial charge on any atom is -0.466 e. The molecule has 0 radical (unpaired) electrons. The first-order chi connectivity index (χ1) is 16.9. The maximum absolute atomic E-state index is 14.9. The van der Waals surface area contributed by atoms with Gasteiger partial charge in [-0.25, -0.2) is 27.7 Å². The normalized spacial score (nSPS) is 19.7. The Morgan fingerprint density at radius 3 is 2.53 bits per heavy atom. The molecule has 0 spiro atoms. The lowest BCUT2D eigenvalue weighted by Gasteiger charge is -2.30. The smallest absolute Gasteiger partial charge is 0.408 e. The van der Waals surface area contributed by atoms with E-state index in [1.807, 2.05) is 0 Å². The van der Waals surface area contributed by atoms with Gasteiger partial charge in [0.15, 0.2) is 28.3 Å². The van der Waals surface area contributed by atoms with Crippen molar-refractivity contribution < 1.29 is 37.0 Å². The van der Waals surface area contributed by atoms with Gasteiger partial charge in [-0.1, -0.05) is 6.07 Å². The lowest BCUT2D eigenvalue weighted by molar-refractivity contribution is -0.136. The molecule has 4 rings (SSSR count). The van der Waals surface area contributed by atoms with Crippen molar-refractivity contribution in [2.45, 2.75) is 44.9 Å². The molecule has 9 nitrogen and oxygen atoms in total. The number of esters is 1. The number of ether oxygens (including phenoxy) is 2. The zero-order valence-electron chi connectivity index (χ0n) is 19.6. The first-order valence-corrected chi connectivity index (χ1v) is 11.6. The predicted octanol–water partition coefficient (Wildman–Crippen LogP) is 3.61. The minimum absolute atomic E-state index is 0.0414. The van der Waals surface area contributed by atoms with Crippen molar-refractivity contribution in [3.63, 3.8) is 0 Å². The molecule has 1 N–H and O–H groups in total. The van der Waals surface area contributed by atoms with Crippen molar-refractivity contribution in [1.29, 1.82) is 0 Å². The Kier molecular flexibility index (Phi) is 6.60. The average Bonchev–Trinajstić information content (AvgIpc) is 3.44. The maximum atomic E-state index is 14.9. The molecule has 1 saturated heterocycles. The van der Waals surface area contributed by atoms with E-state index in [2.05, 4.69) is 15.3 Å². The molecule has 190 valence electrons. The highest BCUT2D eigenvalue weighted by molar-refractivity contribution is 7.11. The van der Waals surface area contributed by atoms with E-state index < -0.39 is 58.7 Å². The number of alkyl carbamates (subject to hydrolysis) is 1. The Hall–Kier alpha value is -3.74. The van der Waals surface area contributed by atoms with Crippen LogP contribution in [-0.2, 0) is 19.1 Å². The zero-order chi connectivity index (χ0) is 26.4. The lowest BCUT2D eigenvalue weighted by Crippen LogP contribution is -2.45. The van der Waals surface area contributed by atoms with Gasteiger partial charge >= 0.3 is 12.1 Å². The fraction of sp³-hybridized carbons (Fsp3) is 0.348. The summed E-state index contributed by atoms with van der Waals surface area (Å²) in [7, 11) is 1.08. The second-order valence-corrected chi connectivity index (χ2v) is 9.78. The van der Waals surface area contributed by atoms with Gasteiger partial charge in [-0.2, -0.15) is 0 Å². The number of carbonyl (C=O) groups excluding carboxylic acids is 3. The van der Waals surface area contributed by atoms with Crippen LogP contribution in [-0.4, -0.2) is 52.4 Å². The van der Waals surface area contributed by atoms with Gasteiger partial charge in [-0.3, -0.25) is 14.7 Å². The van der Waals surface area contributed by atoms with Gasteiger partial charge in [0.25, 0.3) is 5.91 Å². The third-order valence-corrected chi connectivity index (χ3v) is 6.08. The zero-order valence-corrected chi connectivity index (χ0v) is 20.4. The first-order valence-electron chi connectivity index (χ1n) is 10.7. The topological polar surface area (TPSA) is 110 Å². The Balaban J connectivity index is 1.86. The highest BCUT2D eigenvalue weighted by Crippen LogP contribution is 2.42. The van der Waals surface area contributed by atoms with Crippen molar-refractivity contribution in [2.24, 2.45) is 4.99 Å². The number of nitrogens with zero attached hydrogens (tertiary/aromatic N) is 3. The van der Waals surface area contributed by atoms with Gasteiger partial charge < -0.3 is 14.8 Å². The molecule has 2 aromatic rings. The molecule has 36 heavy (non-hydrogen) atoms. The summed E-state index contributed by atoms with van der Waals surface area (Å²) in [5, 5.41) is 4.33. The molecule has 2 aliphatic rings. The number of rotatable bonds is 4. The number of halogens is 3. The number of thiazole rings is 1. The molecule has 2 amide bonds. The van der Waals surface area contributed by atoms with E-state index in [9.17, 15) is 27.6 Å². The van der Waals surface area contributed by atoms with Crippen LogP contribution in [0.15, 0.2) is 40.0 Å². The van der Waals surface area contributed by atoms with Gasteiger partial charge in [-0.05, 0) is 26.8 Å². The molecule has 0 saturated carbocycles. The van der Waals surface area contributed by atoms with E-state index in [0.717, 1.165) is 29.4 Å². The van der Waals surface area contributed by atoms with Crippen molar-refractivity contribution in [3.05, 3.63) is 63.0 Å². The van der Waals surface area contributed by atoms with Crippen LogP contribution in [0.25, 0.3) is 0 Å². The molecule has 1 aromatic heterocycles. The summed E-state index contributed by atoms with van der Waals surface area (Å²) >= 11 is 1.11. The summed E-state index contributed by atoms with van der Waals surface area (Å²) in [6, 6.07) is -0.961. The number of aliphatic imine (C=N–C) groups is 1. The Labute approximate surface area is 207 Å². The van der Waals surface area contributed by atoms with Crippen LogP contribution in [0.3, 0.4) is 0 Å². The molecule has 2 aliphatic heterocycles. The van der Waals surface area contributed by atoms with Crippen LogP contribution < -0.4 is 5.32 Å². The number of aromatic nitrogens is 1. The number of nitrogens with one attached hydrogen (secondary N) is 1. The lowest BCUT2D eigenvalue weighted by atomic mass is 9.94. The standard InChI is InChI=1S/C23H21F3N4O5S/c1-23(2,3)35-22(33)28-12-9-13-14(21(32)34-4)17(10-5-6-11(24)16(26)15(10)25)29-18(30(13)20(12)31)19-27-7-8-36-19/h5-8,12,17H,9H2,1-4H3,(H,28,33)/t12-,17-/m0/s1. The van der Waals surface area contributed by atoms with E-state index >= 15 is 0 Å². The number of carbonyl (C=O) groups is 3. The number of hydrogen-bond acceptors (Lipinski definition) is 8. The SMILES string of the molecule is COC(=O)C1=C2C[C@H](NC(=O)OC(C)(C)C)C(=O)N2C(c2nccs2)=N[C@H]1c1ccc(F)c(F)c1F. The fourth-order valence-corrected chi connectivity index (χ4v) is 4.51. The van der Waals surface area contributed by atoms with Gasteiger partial charge in [0.1, 0.15) is 17.7 Å². The monoisotopic (exact) mass is 522 g/mol. The second-order valence-electron chi connectivity index (χ2n) is 8.89. The van der Waals surface area contributed by atoms with Crippen LogP contribution in [0, 0.1) is 17.5 Å². The van der Waals surface area contributed by atoms with Gasteiger partial charge in [0, 0.05) is 29.3 Å². The van der Waals surface area contributed by atoms with Crippen molar-refractivity contribution in [1.82, 2.24) is 15.2 Å². The molecule has 13 heteroatoms. The quantitative estimate of drug-likeness (QED) is 0.485. The third kappa shape index (κ3) is 4.57. The Morgan fingerprint density at radius 1 is 1.19 bits per heavy atom. The van der Waals surface area contributed by atoms with Crippen LogP contribution in [0.2, 0.25) is 0 Å². The molecule has 1 aromatic carbocycles. The number of hydrogen-bond donors (Lipinski definition) is 1. The molecule has 0 unspecified atom stereocenters. The van der Waals surface area contributed by atoms with E-state index in [1.165, 1.54) is 6.20 Å². The predicted molar refractivity (Wildman–Crippen MR) is 121 cm³/mol. The Bertz CT molecular complexity index is 1300. The summed E-state index contributed by atoms with van der Waals surface area (Å²) in [4.78, 5) is 48.3. The van der Waals surface area contributed by atoms with Crippen LogP contribution >= 0.6 is 11.3 Å². The van der Waals surface area contributed by atoms with E-state index in [4.69, 9.17) is 9.47 Å². The molecule has 2 atom stereocenters. The maximum Gasteiger partial charge on any atom is 0.408 e. The summed E-state index contributed by atoms with van der Waals surface area (Å²) in [5.74, 6) is -6.33. The van der Waals surface area contributed by atoms with E-state index in [0.29, 0.717) is 6.07 Å². The minimum atomic E-state index is -1.73. The van der Waals surface area contributed by atoms with Crippen molar-refractivity contribution >= 4 is 35.1 Å². The fourth-order valence-electron chi connectivity index (χ4n) is 3.89. The summed E-state index contributed by atoms with van der Waals surface area (Å²) in [6.45, 7) is 4.95. The Morgan fingerprint density at radius 2 is 1.92 bits per heavy atom. The van der Waals surface area contributed by atoms with Crippen molar-refractivity contribution in [2.75, 3.05) is 7.11 Å². The molecular formula is C23H21F3N4O5S. The highest BCUT2D eigenvalue weighted by Gasteiger charge is 2.48. The van der Waals surface area contributed by atoms with Crippen LogP contribution in [0.5, 0.6) is 0 Å². The number of amides is 2. The first kappa shape index (κ1) is 25.4. The molecular weight excluding hydrogens is 501 g/mol. The molecule has 1 fully saturated rings. The summed E-state index contributed by atoms with van der Waals surface area (Å²) < 4.78 is 52.7. The third-order valence-electron chi connectivity index (χ3n) is 5.31. The average molecular weight is 523 g/mol. The second kappa shape index (κ2) is 9.37. The van der Waals surface area contributed by atoms with Crippen LogP contribution in [0.1, 0.15) is 43.8 Å². The molecule has 0 aliphatic carbocycles. The summed E-state index contributed by atoms with van der Waals surface area (Å²) in [6.07, 6.45) is 0.387. The molecule has 0 bridgehead atoms. The number of fused-ring (bicyclic) bond motifs is 1. The van der Waals surface area contributed by atoms with Gasteiger partial charge in [0.2, 0.25) is 0 Å². The van der Waals surface area contributed by atoms with E-state index in [-0.39, 0.29) is 28.5 Å². The van der Waals surface area contributed by atoms with Gasteiger partial charge in [0.05, 0.1) is 12.7 Å². The van der Waals surface area contributed by atoms with Crippen molar-refractivity contribution in [3.8, 4) is 0 Å².